The van der Waals surface area contributed by atoms with Gasteiger partial charge in [-0.3, -0.25) is 14.5 Å². The van der Waals surface area contributed by atoms with Crippen molar-refractivity contribution in [2.45, 2.75) is 6.92 Å². The number of ether oxygens (including phenoxy) is 1. The van der Waals surface area contributed by atoms with Gasteiger partial charge in [0.2, 0.25) is 0 Å². The van der Waals surface area contributed by atoms with Gasteiger partial charge in [0.15, 0.2) is 0 Å². The number of carbonyl (C=O) groups excluding carboxylic acids is 2. The predicted molar refractivity (Wildman–Crippen MR) is 136 cm³/mol. The summed E-state index contributed by atoms with van der Waals surface area (Å²) in [6.07, 6.45) is 4.95. The van der Waals surface area contributed by atoms with Crippen LogP contribution in [0.1, 0.15) is 12.5 Å². The van der Waals surface area contributed by atoms with Gasteiger partial charge in [-0.2, -0.15) is 10.4 Å². The zero-order valence-electron chi connectivity index (χ0n) is 19.2. The maximum absolute atomic E-state index is 13.3. The molecule has 0 bridgehead atoms. The van der Waals surface area contributed by atoms with Gasteiger partial charge in [-0.05, 0) is 64.8 Å². The number of rotatable bonds is 6. The summed E-state index contributed by atoms with van der Waals surface area (Å²) in [6, 6.07) is 17.1. The molecule has 0 N–H and O–H groups in total. The second kappa shape index (κ2) is 9.95. The van der Waals surface area contributed by atoms with E-state index in [-0.39, 0.29) is 17.7 Å². The van der Waals surface area contributed by atoms with Crippen molar-refractivity contribution in [1.29, 1.82) is 5.26 Å². The van der Waals surface area contributed by atoms with Gasteiger partial charge in [-0.25, -0.2) is 4.68 Å². The standard InChI is InChI=1S/C27H21BrN4O3/c1-4-12-31-26(33)21(17(2)22(15-29)27(31)34)13-19-16-32(20-8-6-5-7-9-20)30-25(19)18-10-11-24(35-3)23(28)14-18/h4-11,13-14,16H,1,12H2,2-3H3/b21-13+. The Balaban J connectivity index is 1.94. The number of hydrogen-bond acceptors (Lipinski definition) is 5. The Morgan fingerprint density at radius 2 is 1.91 bits per heavy atom. The molecule has 2 heterocycles. The lowest BCUT2D eigenvalue weighted by atomic mass is 9.93. The summed E-state index contributed by atoms with van der Waals surface area (Å²) in [5, 5.41) is 14.4. The molecule has 7 nitrogen and oxygen atoms in total. The first-order valence-corrected chi connectivity index (χ1v) is 11.5. The lowest BCUT2D eigenvalue weighted by Crippen LogP contribution is -2.42. The number of nitriles is 1. The van der Waals surface area contributed by atoms with Crippen molar-refractivity contribution in [3.8, 4) is 28.8 Å². The molecular formula is C27H21BrN4O3. The van der Waals surface area contributed by atoms with Crippen molar-refractivity contribution in [3.05, 3.63) is 94.1 Å². The van der Waals surface area contributed by atoms with E-state index in [1.54, 1.807) is 24.8 Å². The van der Waals surface area contributed by atoms with Crippen LogP contribution in [0.15, 0.2) is 88.6 Å². The summed E-state index contributed by atoms with van der Waals surface area (Å²) in [5.74, 6) is -0.429. The SMILES string of the molecule is C=CCN1C(=O)C(C#N)=C(C)/C(=C\c2cn(-c3ccccc3)nc2-c2ccc(OC)c(Br)c2)C1=O. The van der Waals surface area contributed by atoms with Crippen LogP contribution >= 0.6 is 15.9 Å². The van der Waals surface area contributed by atoms with Gasteiger partial charge in [0.25, 0.3) is 11.8 Å². The molecule has 1 aliphatic rings. The van der Waals surface area contributed by atoms with E-state index in [1.165, 1.54) is 6.08 Å². The molecule has 0 saturated carbocycles. The smallest absolute Gasteiger partial charge is 0.271 e. The average molecular weight is 529 g/mol. The molecule has 0 spiro atoms. The molecule has 0 fully saturated rings. The lowest BCUT2D eigenvalue weighted by Gasteiger charge is -2.26. The quantitative estimate of drug-likeness (QED) is 0.252. The molecule has 0 radical (unpaired) electrons. The zero-order valence-corrected chi connectivity index (χ0v) is 20.7. The lowest BCUT2D eigenvalue weighted by molar-refractivity contribution is -0.139. The first kappa shape index (κ1) is 23.9. The van der Waals surface area contributed by atoms with E-state index in [0.717, 1.165) is 20.6 Å². The summed E-state index contributed by atoms with van der Waals surface area (Å²) in [5.41, 5.74) is 3.43. The Morgan fingerprint density at radius 1 is 1.17 bits per heavy atom. The first-order chi connectivity index (χ1) is 16.9. The normalized spacial score (nSPS) is 14.9. The average Bonchev–Trinajstić information content (AvgIpc) is 3.29. The van der Waals surface area contributed by atoms with Crippen molar-refractivity contribution >= 4 is 33.8 Å². The molecule has 4 rings (SSSR count). The first-order valence-electron chi connectivity index (χ1n) is 10.7. The molecule has 2 amide bonds. The molecule has 3 aromatic rings. The third-order valence-electron chi connectivity index (χ3n) is 5.63. The van der Waals surface area contributed by atoms with Gasteiger partial charge >= 0.3 is 0 Å². The van der Waals surface area contributed by atoms with Gasteiger partial charge in [-0.1, -0.05) is 24.3 Å². The minimum Gasteiger partial charge on any atom is -0.496 e. The maximum Gasteiger partial charge on any atom is 0.271 e. The van der Waals surface area contributed by atoms with Crippen LogP contribution < -0.4 is 4.74 Å². The Kier molecular flexibility index (Phi) is 6.80. The number of nitrogens with zero attached hydrogens (tertiary/aromatic N) is 4. The van der Waals surface area contributed by atoms with Crippen molar-refractivity contribution in [2.75, 3.05) is 13.7 Å². The second-order valence-electron chi connectivity index (χ2n) is 7.74. The number of methoxy groups -OCH3 is 1. The predicted octanol–water partition coefficient (Wildman–Crippen LogP) is 5.09. The van der Waals surface area contributed by atoms with E-state index in [2.05, 4.69) is 22.5 Å². The summed E-state index contributed by atoms with van der Waals surface area (Å²) < 4.78 is 7.83. The van der Waals surface area contributed by atoms with Crippen molar-refractivity contribution in [3.63, 3.8) is 0 Å². The zero-order chi connectivity index (χ0) is 25.1. The van der Waals surface area contributed by atoms with Gasteiger partial charge in [0, 0.05) is 29.4 Å². The Bertz CT molecular complexity index is 1440. The summed E-state index contributed by atoms with van der Waals surface area (Å²) in [6.45, 7) is 5.24. The number of para-hydroxylation sites is 1. The number of imide groups is 1. The Labute approximate surface area is 211 Å². The molecular weight excluding hydrogens is 508 g/mol. The highest BCUT2D eigenvalue weighted by Crippen LogP contribution is 2.34. The maximum atomic E-state index is 13.3. The molecule has 174 valence electrons. The summed E-state index contributed by atoms with van der Waals surface area (Å²) in [7, 11) is 1.59. The van der Waals surface area contributed by atoms with Gasteiger partial charge in [0.05, 0.1) is 17.3 Å². The summed E-state index contributed by atoms with van der Waals surface area (Å²) >= 11 is 3.52. The van der Waals surface area contributed by atoms with Crippen LogP contribution in [-0.2, 0) is 9.59 Å². The molecule has 0 aliphatic carbocycles. The monoisotopic (exact) mass is 528 g/mol. The van der Waals surface area contributed by atoms with E-state index in [0.29, 0.717) is 22.6 Å². The van der Waals surface area contributed by atoms with Crippen molar-refractivity contribution < 1.29 is 14.3 Å². The highest BCUT2D eigenvalue weighted by atomic mass is 79.9. The van der Waals surface area contributed by atoms with Crippen LogP contribution in [0.25, 0.3) is 23.0 Å². The van der Waals surface area contributed by atoms with Crippen LogP contribution in [0.5, 0.6) is 5.75 Å². The minimum absolute atomic E-state index is 0.00896. The second-order valence-corrected chi connectivity index (χ2v) is 8.60. The fourth-order valence-corrected chi connectivity index (χ4v) is 4.36. The van der Waals surface area contributed by atoms with Gasteiger partial charge in [-0.15, -0.1) is 6.58 Å². The fraction of sp³-hybridized carbons (Fsp3) is 0.111. The number of benzene rings is 2. The van der Waals surface area contributed by atoms with E-state index >= 15 is 0 Å². The van der Waals surface area contributed by atoms with Crippen LogP contribution in [0.3, 0.4) is 0 Å². The largest absolute Gasteiger partial charge is 0.496 e. The third kappa shape index (κ3) is 4.46. The van der Waals surface area contributed by atoms with Crippen LogP contribution in [0.4, 0.5) is 0 Å². The number of amides is 2. The topological polar surface area (TPSA) is 88.2 Å². The molecule has 0 saturated heterocycles. The number of halogens is 1. The van der Waals surface area contributed by atoms with E-state index in [9.17, 15) is 14.9 Å². The highest BCUT2D eigenvalue weighted by Gasteiger charge is 2.35. The minimum atomic E-state index is -0.619. The van der Waals surface area contributed by atoms with Crippen LogP contribution in [0, 0.1) is 11.3 Å². The molecule has 1 aromatic heterocycles. The Morgan fingerprint density at radius 3 is 2.54 bits per heavy atom. The molecule has 0 atom stereocenters. The van der Waals surface area contributed by atoms with Crippen LogP contribution in [-0.4, -0.2) is 40.1 Å². The highest BCUT2D eigenvalue weighted by molar-refractivity contribution is 9.10. The van der Waals surface area contributed by atoms with Crippen molar-refractivity contribution in [2.24, 2.45) is 0 Å². The molecule has 8 heteroatoms. The summed E-state index contributed by atoms with van der Waals surface area (Å²) in [4.78, 5) is 26.9. The molecule has 0 unspecified atom stereocenters. The number of aromatic nitrogens is 2. The van der Waals surface area contributed by atoms with E-state index < -0.39 is 11.8 Å². The molecule has 1 aliphatic heterocycles. The third-order valence-corrected chi connectivity index (χ3v) is 6.25. The van der Waals surface area contributed by atoms with Gasteiger partial charge < -0.3 is 4.74 Å². The number of carbonyl (C=O) groups is 2. The molecule has 2 aromatic carbocycles. The van der Waals surface area contributed by atoms with E-state index in [4.69, 9.17) is 9.84 Å². The van der Waals surface area contributed by atoms with Gasteiger partial charge in [0.1, 0.15) is 23.1 Å². The molecule has 35 heavy (non-hydrogen) atoms. The van der Waals surface area contributed by atoms with E-state index in [1.807, 2.05) is 60.8 Å². The van der Waals surface area contributed by atoms with Crippen molar-refractivity contribution in [1.82, 2.24) is 14.7 Å². The van der Waals surface area contributed by atoms with Crippen LogP contribution in [0.2, 0.25) is 0 Å². The fourth-order valence-electron chi connectivity index (χ4n) is 3.82. The Hall–Kier alpha value is -4.22. The number of hydrogen-bond donors (Lipinski definition) is 0.